The van der Waals surface area contributed by atoms with Gasteiger partial charge >= 0.3 is 0 Å². The molecular formula is C20H32N2O4S. The van der Waals surface area contributed by atoms with Crippen LogP contribution in [0.25, 0.3) is 0 Å². The summed E-state index contributed by atoms with van der Waals surface area (Å²) in [5.41, 5.74) is -0.322. The molecule has 3 atom stereocenters. The molecule has 0 aromatic heterocycles. The Hall–Kier alpha value is -1.15. The molecule has 3 aliphatic rings. The van der Waals surface area contributed by atoms with E-state index in [4.69, 9.17) is 9.47 Å². The zero-order valence-corrected chi connectivity index (χ0v) is 17.4. The van der Waals surface area contributed by atoms with Gasteiger partial charge in [0.2, 0.25) is 10.0 Å². The molecule has 2 aliphatic heterocycles. The van der Waals surface area contributed by atoms with Gasteiger partial charge in [-0.05, 0) is 37.1 Å². The summed E-state index contributed by atoms with van der Waals surface area (Å²) in [4.78, 5) is 0.342. The molecule has 0 amide bonds. The predicted molar refractivity (Wildman–Crippen MR) is 105 cm³/mol. The Balaban J connectivity index is 0.00000102. The van der Waals surface area contributed by atoms with Gasteiger partial charge in [0.25, 0.3) is 0 Å². The van der Waals surface area contributed by atoms with Gasteiger partial charge in [-0.15, -0.1) is 0 Å². The number of piperidine rings is 1. The highest BCUT2D eigenvalue weighted by Crippen LogP contribution is 2.45. The normalized spacial score (nSPS) is 31.1. The van der Waals surface area contributed by atoms with Crippen molar-refractivity contribution in [3.05, 3.63) is 24.3 Å². The van der Waals surface area contributed by atoms with Crippen LogP contribution in [0, 0.1) is 5.92 Å². The standard InChI is InChI=1S/C18H26N2O4S.C2H6/c1-23-14-6-8-15(9-7-14)25(21,22)20-12-10-18(19-11-13-24-18)16-4-2-3-5-17(16)20;1-2/h6-9,16-17,19H,2-5,10-13H2,1H3;1-2H3. The molecule has 0 bridgehead atoms. The summed E-state index contributed by atoms with van der Waals surface area (Å²) >= 11 is 0. The zero-order valence-electron chi connectivity index (χ0n) is 16.6. The summed E-state index contributed by atoms with van der Waals surface area (Å²) in [6.45, 7) is 6.07. The molecule has 3 unspecified atom stereocenters. The minimum atomic E-state index is -3.51. The average molecular weight is 397 g/mol. The van der Waals surface area contributed by atoms with E-state index in [0.29, 0.717) is 30.2 Å². The minimum Gasteiger partial charge on any atom is -0.497 e. The van der Waals surface area contributed by atoms with Crippen LogP contribution in [0.2, 0.25) is 0 Å². The Bertz CT molecular complexity index is 714. The second-order valence-corrected chi connectivity index (χ2v) is 9.05. The van der Waals surface area contributed by atoms with Crippen LogP contribution >= 0.6 is 0 Å². The van der Waals surface area contributed by atoms with E-state index in [2.05, 4.69) is 5.32 Å². The third-order valence-electron chi connectivity index (χ3n) is 5.95. The predicted octanol–water partition coefficient (Wildman–Crippen LogP) is 2.99. The first-order valence-electron chi connectivity index (χ1n) is 10.1. The van der Waals surface area contributed by atoms with Crippen molar-refractivity contribution >= 4 is 10.0 Å². The smallest absolute Gasteiger partial charge is 0.243 e. The van der Waals surface area contributed by atoms with Crippen LogP contribution in [0.15, 0.2) is 29.2 Å². The Labute approximate surface area is 163 Å². The quantitative estimate of drug-likeness (QED) is 0.851. The second kappa shape index (κ2) is 8.47. The van der Waals surface area contributed by atoms with E-state index >= 15 is 0 Å². The number of hydrogen-bond acceptors (Lipinski definition) is 5. The largest absolute Gasteiger partial charge is 0.497 e. The molecule has 4 rings (SSSR count). The monoisotopic (exact) mass is 396 g/mol. The fraction of sp³-hybridized carbons (Fsp3) is 0.700. The number of methoxy groups -OCH3 is 1. The zero-order chi connectivity index (χ0) is 19.5. The Kier molecular flexibility index (Phi) is 6.46. The number of nitrogens with one attached hydrogen (secondary N) is 1. The molecule has 2 saturated heterocycles. The van der Waals surface area contributed by atoms with Crippen molar-refractivity contribution in [1.29, 1.82) is 0 Å². The van der Waals surface area contributed by atoms with Crippen LogP contribution in [0.1, 0.15) is 46.0 Å². The van der Waals surface area contributed by atoms with Crippen molar-refractivity contribution in [1.82, 2.24) is 9.62 Å². The summed E-state index contributed by atoms with van der Waals surface area (Å²) in [7, 11) is -1.93. The molecule has 6 nitrogen and oxygen atoms in total. The van der Waals surface area contributed by atoms with Gasteiger partial charge in [-0.3, -0.25) is 5.32 Å². The van der Waals surface area contributed by atoms with Gasteiger partial charge in [0.1, 0.15) is 11.5 Å². The molecule has 7 heteroatoms. The van der Waals surface area contributed by atoms with E-state index in [1.54, 1.807) is 35.7 Å². The number of sulfonamides is 1. The van der Waals surface area contributed by atoms with Gasteiger partial charge in [0, 0.05) is 31.5 Å². The highest BCUT2D eigenvalue weighted by molar-refractivity contribution is 7.89. The lowest BCUT2D eigenvalue weighted by Crippen LogP contribution is -2.64. The molecular weight excluding hydrogens is 364 g/mol. The van der Waals surface area contributed by atoms with Crippen molar-refractivity contribution in [3.63, 3.8) is 0 Å². The van der Waals surface area contributed by atoms with Crippen molar-refractivity contribution in [2.24, 2.45) is 5.92 Å². The maximum Gasteiger partial charge on any atom is 0.243 e. The number of ether oxygens (including phenoxy) is 2. The van der Waals surface area contributed by atoms with E-state index in [9.17, 15) is 8.42 Å². The molecule has 1 N–H and O–H groups in total. The fourth-order valence-electron chi connectivity index (χ4n) is 4.75. The van der Waals surface area contributed by atoms with Gasteiger partial charge in [-0.2, -0.15) is 4.31 Å². The molecule has 1 saturated carbocycles. The van der Waals surface area contributed by atoms with Crippen molar-refractivity contribution in [2.45, 2.75) is 62.6 Å². The summed E-state index contributed by atoms with van der Waals surface area (Å²) in [5.74, 6) is 0.890. The lowest BCUT2D eigenvalue weighted by Gasteiger charge is -2.51. The number of benzene rings is 1. The summed E-state index contributed by atoms with van der Waals surface area (Å²) in [6.07, 6.45) is 4.86. The molecule has 1 aromatic carbocycles. The van der Waals surface area contributed by atoms with Gasteiger partial charge < -0.3 is 9.47 Å². The van der Waals surface area contributed by atoms with Crippen LogP contribution in [-0.2, 0) is 14.8 Å². The highest BCUT2D eigenvalue weighted by atomic mass is 32.2. The topological polar surface area (TPSA) is 67.9 Å². The van der Waals surface area contributed by atoms with E-state index < -0.39 is 10.0 Å². The first-order chi connectivity index (χ1) is 13.1. The molecule has 3 fully saturated rings. The minimum absolute atomic E-state index is 0.0141. The molecule has 27 heavy (non-hydrogen) atoms. The first-order valence-corrected chi connectivity index (χ1v) is 11.6. The van der Waals surface area contributed by atoms with Crippen molar-refractivity contribution in [3.8, 4) is 5.75 Å². The summed E-state index contributed by atoms with van der Waals surface area (Å²) < 4.78 is 39.5. The van der Waals surface area contributed by atoms with Crippen molar-refractivity contribution < 1.29 is 17.9 Å². The van der Waals surface area contributed by atoms with E-state index in [1.807, 2.05) is 13.8 Å². The Morgan fingerprint density at radius 2 is 1.89 bits per heavy atom. The molecule has 1 aromatic rings. The van der Waals surface area contributed by atoms with Gasteiger partial charge in [0.15, 0.2) is 0 Å². The Morgan fingerprint density at radius 3 is 2.52 bits per heavy atom. The maximum absolute atomic E-state index is 13.3. The SMILES string of the molecule is CC.COc1ccc(S(=O)(=O)N2CCC3(NCCO3)C3CCCCC32)cc1. The fourth-order valence-corrected chi connectivity index (χ4v) is 6.45. The average Bonchev–Trinajstić information content (AvgIpc) is 3.19. The van der Waals surface area contributed by atoms with Gasteiger partial charge in [-0.25, -0.2) is 8.42 Å². The van der Waals surface area contributed by atoms with Crippen LogP contribution in [-0.4, -0.2) is 51.3 Å². The van der Waals surface area contributed by atoms with E-state index in [-0.39, 0.29) is 17.7 Å². The summed E-state index contributed by atoms with van der Waals surface area (Å²) in [5, 5.41) is 3.54. The lowest BCUT2D eigenvalue weighted by molar-refractivity contribution is -0.120. The molecule has 1 aliphatic carbocycles. The third kappa shape index (κ3) is 3.75. The van der Waals surface area contributed by atoms with Crippen molar-refractivity contribution in [2.75, 3.05) is 26.8 Å². The van der Waals surface area contributed by atoms with Crippen LogP contribution in [0.4, 0.5) is 0 Å². The number of nitrogens with zero attached hydrogens (tertiary/aromatic N) is 1. The maximum atomic E-state index is 13.3. The first kappa shape index (κ1) is 20.6. The van der Waals surface area contributed by atoms with Crippen LogP contribution in [0.5, 0.6) is 5.75 Å². The number of hydrogen-bond donors (Lipinski definition) is 1. The molecule has 0 radical (unpaired) electrons. The van der Waals surface area contributed by atoms with Crippen LogP contribution in [0.3, 0.4) is 0 Å². The molecule has 2 heterocycles. The van der Waals surface area contributed by atoms with Gasteiger partial charge in [-0.1, -0.05) is 26.7 Å². The highest BCUT2D eigenvalue weighted by Gasteiger charge is 2.54. The Morgan fingerprint density at radius 1 is 1.19 bits per heavy atom. The van der Waals surface area contributed by atoms with Gasteiger partial charge in [0.05, 0.1) is 18.6 Å². The third-order valence-corrected chi connectivity index (χ3v) is 7.89. The number of fused-ring (bicyclic) bond motifs is 2. The van der Waals surface area contributed by atoms with E-state index in [1.165, 1.54) is 0 Å². The van der Waals surface area contributed by atoms with E-state index in [0.717, 1.165) is 32.2 Å². The lowest BCUT2D eigenvalue weighted by atomic mass is 9.74. The molecule has 1 spiro atoms. The second-order valence-electron chi connectivity index (χ2n) is 7.16. The number of rotatable bonds is 3. The molecule has 152 valence electrons. The summed E-state index contributed by atoms with van der Waals surface area (Å²) in [6, 6.07) is 6.71. The van der Waals surface area contributed by atoms with Crippen LogP contribution < -0.4 is 10.1 Å².